The number of halogens is 3. The summed E-state index contributed by atoms with van der Waals surface area (Å²) in [6.45, 7) is 1.83. The quantitative estimate of drug-likeness (QED) is 0.845. The molecular weight excluding hydrogens is 280 g/mol. The van der Waals surface area contributed by atoms with Crippen molar-refractivity contribution in [2.75, 3.05) is 13.1 Å². The molecule has 0 spiro atoms. The summed E-state index contributed by atoms with van der Waals surface area (Å²) >= 11 is 11.7. The summed E-state index contributed by atoms with van der Waals surface area (Å²) in [5, 5.41) is 4.18. The van der Waals surface area contributed by atoms with Crippen LogP contribution in [0.1, 0.15) is 23.2 Å². The van der Waals surface area contributed by atoms with Crippen molar-refractivity contribution in [3.05, 3.63) is 33.8 Å². The second-order valence-electron chi connectivity index (χ2n) is 4.02. The summed E-state index contributed by atoms with van der Waals surface area (Å²) in [6.07, 6.45) is 1.80. The molecule has 1 aliphatic rings. The molecule has 1 aromatic carbocycles. The second-order valence-corrected chi connectivity index (χ2v) is 4.83. The number of benzene rings is 1. The molecule has 17 heavy (non-hydrogen) atoms. The molecule has 1 aromatic rings. The average molecular weight is 295 g/mol. The summed E-state index contributed by atoms with van der Waals surface area (Å²) in [5.41, 5.74) is 0.668. The molecule has 0 atom stereocenters. The highest BCUT2D eigenvalue weighted by Gasteiger charge is 2.22. The van der Waals surface area contributed by atoms with E-state index in [0.717, 1.165) is 25.9 Å². The maximum Gasteiger partial charge on any atom is 0.166 e. The Morgan fingerprint density at radius 1 is 1.18 bits per heavy atom. The van der Waals surface area contributed by atoms with E-state index in [9.17, 15) is 4.79 Å². The van der Waals surface area contributed by atoms with E-state index in [2.05, 4.69) is 5.32 Å². The summed E-state index contributed by atoms with van der Waals surface area (Å²) in [6, 6.07) is 5.09. The molecule has 2 nitrogen and oxygen atoms in total. The Morgan fingerprint density at radius 2 is 1.82 bits per heavy atom. The van der Waals surface area contributed by atoms with Crippen molar-refractivity contribution in [3.8, 4) is 0 Å². The third-order valence-corrected chi connectivity index (χ3v) is 3.65. The maximum absolute atomic E-state index is 12.1. The van der Waals surface area contributed by atoms with Gasteiger partial charge in [0.05, 0.1) is 10.0 Å². The molecule has 1 saturated heterocycles. The van der Waals surface area contributed by atoms with Crippen molar-refractivity contribution < 1.29 is 4.79 Å². The molecule has 0 aliphatic carbocycles. The van der Waals surface area contributed by atoms with Crippen LogP contribution >= 0.6 is 35.6 Å². The van der Waals surface area contributed by atoms with Crippen LogP contribution in [0.25, 0.3) is 0 Å². The number of ketones is 1. The zero-order chi connectivity index (χ0) is 11.5. The first-order valence-electron chi connectivity index (χ1n) is 5.38. The molecule has 5 heteroatoms. The summed E-state index contributed by atoms with van der Waals surface area (Å²) < 4.78 is 0. The highest BCUT2D eigenvalue weighted by atomic mass is 35.5. The molecule has 0 radical (unpaired) electrons. The van der Waals surface area contributed by atoms with Crippen molar-refractivity contribution in [3.63, 3.8) is 0 Å². The Balaban J connectivity index is 0.00000144. The molecule has 1 aliphatic heterocycles. The third-order valence-electron chi connectivity index (χ3n) is 2.91. The van der Waals surface area contributed by atoms with Gasteiger partial charge in [-0.25, -0.2) is 0 Å². The van der Waals surface area contributed by atoms with E-state index in [-0.39, 0.29) is 24.1 Å². The SMILES string of the molecule is Cl.O=C(c1ccc(Cl)c(Cl)c1)C1CCNCC1. The lowest BCUT2D eigenvalue weighted by Gasteiger charge is -2.21. The van der Waals surface area contributed by atoms with Crippen molar-refractivity contribution >= 4 is 41.4 Å². The zero-order valence-electron chi connectivity index (χ0n) is 9.21. The van der Waals surface area contributed by atoms with E-state index in [1.807, 2.05) is 0 Å². The van der Waals surface area contributed by atoms with Crippen molar-refractivity contribution in [1.29, 1.82) is 0 Å². The van der Waals surface area contributed by atoms with Crippen LogP contribution < -0.4 is 5.32 Å². The molecule has 2 rings (SSSR count). The van der Waals surface area contributed by atoms with Gasteiger partial charge < -0.3 is 5.32 Å². The van der Waals surface area contributed by atoms with Crippen LogP contribution in [0.4, 0.5) is 0 Å². The normalized spacial score (nSPS) is 16.4. The highest BCUT2D eigenvalue weighted by Crippen LogP contribution is 2.25. The zero-order valence-corrected chi connectivity index (χ0v) is 11.5. The van der Waals surface area contributed by atoms with Gasteiger partial charge in [0.15, 0.2) is 5.78 Å². The van der Waals surface area contributed by atoms with E-state index in [0.29, 0.717) is 15.6 Å². The minimum absolute atomic E-state index is 0. The molecule has 1 fully saturated rings. The molecule has 0 aromatic heterocycles. The smallest absolute Gasteiger partial charge is 0.166 e. The predicted molar refractivity (Wildman–Crippen MR) is 73.6 cm³/mol. The largest absolute Gasteiger partial charge is 0.317 e. The molecule has 0 unspecified atom stereocenters. The lowest BCUT2D eigenvalue weighted by Crippen LogP contribution is -2.31. The summed E-state index contributed by atoms with van der Waals surface area (Å²) in [5.74, 6) is 0.304. The average Bonchev–Trinajstić information content (AvgIpc) is 2.33. The minimum atomic E-state index is 0. The topological polar surface area (TPSA) is 29.1 Å². The fraction of sp³-hybridized carbons (Fsp3) is 0.417. The number of carbonyl (C=O) groups is 1. The molecule has 0 amide bonds. The number of nitrogens with one attached hydrogen (secondary N) is 1. The van der Waals surface area contributed by atoms with E-state index in [1.165, 1.54) is 0 Å². The Hall–Kier alpha value is -0.280. The van der Waals surface area contributed by atoms with E-state index in [4.69, 9.17) is 23.2 Å². The number of piperidine rings is 1. The molecule has 0 saturated carbocycles. The second kappa shape index (κ2) is 6.60. The number of Topliss-reactive ketones (excluding diaryl/α,β-unsaturated/α-hetero) is 1. The molecular formula is C12H14Cl3NO. The van der Waals surface area contributed by atoms with Crippen LogP contribution in [0, 0.1) is 5.92 Å². The third kappa shape index (κ3) is 3.59. The van der Waals surface area contributed by atoms with Gasteiger partial charge in [-0.1, -0.05) is 23.2 Å². The van der Waals surface area contributed by atoms with Gasteiger partial charge in [0.1, 0.15) is 0 Å². The maximum atomic E-state index is 12.1. The van der Waals surface area contributed by atoms with Crippen LogP contribution in [0.15, 0.2) is 18.2 Å². The van der Waals surface area contributed by atoms with Gasteiger partial charge in [-0.3, -0.25) is 4.79 Å². The van der Waals surface area contributed by atoms with E-state index in [1.54, 1.807) is 18.2 Å². The Bertz CT molecular complexity index is 403. The molecule has 1 N–H and O–H groups in total. The Morgan fingerprint density at radius 3 is 2.41 bits per heavy atom. The minimum Gasteiger partial charge on any atom is -0.317 e. The fourth-order valence-electron chi connectivity index (χ4n) is 1.97. The Kier molecular flexibility index (Phi) is 5.74. The summed E-state index contributed by atoms with van der Waals surface area (Å²) in [4.78, 5) is 12.1. The van der Waals surface area contributed by atoms with E-state index >= 15 is 0 Å². The van der Waals surface area contributed by atoms with Crippen molar-refractivity contribution in [2.24, 2.45) is 5.92 Å². The number of carbonyl (C=O) groups excluding carboxylic acids is 1. The van der Waals surface area contributed by atoms with E-state index < -0.39 is 0 Å². The van der Waals surface area contributed by atoms with Gasteiger partial charge in [-0.15, -0.1) is 12.4 Å². The number of rotatable bonds is 2. The van der Waals surface area contributed by atoms with Gasteiger partial charge in [0, 0.05) is 11.5 Å². The first-order valence-corrected chi connectivity index (χ1v) is 6.14. The summed E-state index contributed by atoms with van der Waals surface area (Å²) in [7, 11) is 0. The van der Waals surface area contributed by atoms with Crippen molar-refractivity contribution in [2.45, 2.75) is 12.8 Å². The van der Waals surface area contributed by atoms with Gasteiger partial charge in [-0.2, -0.15) is 0 Å². The first kappa shape index (κ1) is 14.8. The number of hydrogen-bond donors (Lipinski definition) is 1. The van der Waals surface area contributed by atoms with Gasteiger partial charge in [0.2, 0.25) is 0 Å². The predicted octanol–water partition coefficient (Wildman–Crippen LogP) is 3.60. The Labute approximate surface area is 117 Å². The first-order chi connectivity index (χ1) is 7.68. The van der Waals surface area contributed by atoms with Crippen LogP contribution in [-0.4, -0.2) is 18.9 Å². The standard InChI is InChI=1S/C12H13Cl2NO.ClH/c13-10-2-1-9(7-11(10)14)12(16)8-3-5-15-6-4-8;/h1-2,7-8,15H,3-6H2;1H. The van der Waals surface area contributed by atoms with Crippen LogP contribution in [0.2, 0.25) is 10.0 Å². The van der Waals surface area contributed by atoms with Gasteiger partial charge in [0.25, 0.3) is 0 Å². The van der Waals surface area contributed by atoms with Crippen LogP contribution in [0.5, 0.6) is 0 Å². The fourth-order valence-corrected chi connectivity index (χ4v) is 2.27. The lowest BCUT2D eigenvalue weighted by atomic mass is 9.90. The highest BCUT2D eigenvalue weighted by molar-refractivity contribution is 6.42. The van der Waals surface area contributed by atoms with Crippen molar-refractivity contribution in [1.82, 2.24) is 5.32 Å². The molecule has 94 valence electrons. The van der Waals surface area contributed by atoms with Crippen LogP contribution in [0.3, 0.4) is 0 Å². The lowest BCUT2D eigenvalue weighted by molar-refractivity contribution is 0.0895. The van der Waals surface area contributed by atoms with Crippen LogP contribution in [-0.2, 0) is 0 Å². The molecule has 1 heterocycles. The molecule has 0 bridgehead atoms. The van der Waals surface area contributed by atoms with Gasteiger partial charge in [-0.05, 0) is 44.1 Å². The van der Waals surface area contributed by atoms with Gasteiger partial charge >= 0.3 is 0 Å². The monoisotopic (exact) mass is 293 g/mol. The number of hydrogen-bond acceptors (Lipinski definition) is 2.